The summed E-state index contributed by atoms with van der Waals surface area (Å²) in [5.74, 6) is -14.0. The summed E-state index contributed by atoms with van der Waals surface area (Å²) in [7, 11) is -9.28. The van der Waals surface area contributed by atoms with E-state index in [-0.39, 0.29) is 9.79 Å². The molecule has 0 aromatic carbocycles. The number of nitrogens with zero attached hydrogens (tertiary/aromatic N) is 3. The molecule has 28 heavy (non-hydrogen) atoms. The van der Waals surface area contributed by atoms with Gasteiger partial charge < -0.3 is 14.9 Å². The van der Waals surface area contributed by atoms with E-state index in [0.717, 1.165) is 0 Å². The van der Waals surface area contributed by atoms with Crippen molar-refractivity contribution >= 4 is 21.5 Å². The first-order valence-corrected chi connectivity index (χ1v) is 10.1. The van der Waals surface area contributed by atoms with Gasteiger partial charge in [-0.05, 0) is 0 Å². The Morgan fingerprint density at radius 1 is 1.14 bits per heavy atom. The van der Waals surface area contributed by atoms with Crippen LogP contribution in [0.3, 0.4) is 0 Å². The first kappa shape index (κ1) is 17.5. The van der Waals surface area contributed by atoms with Crippen molar-refractivity contribution in [3.05, 3.63) is 22.2 Å². The Bertz CT molecular complexity index is 1110. The predicted molar refractivity (Wildman–Crippen MR) is 70.2 cm³/mol. The minimum atomic E-state index is -4.81. The lowest BCUT2D eigenvalue weighted by atomic mass is 9.99. The molecule has 0 saturated carbocycles. The number of hydrogen-bond donors (Lipinski definition) is 2. The van der Waals surface area contributed by atoms with Gasteiger partial charge in [-0.3, -0.25) is 0 Å². The first-order valence-electron chi connectivity index (χ1n) is 7.22. The highest BCUT2D eigenvalue weighted by Gasteiger charge is 2.94. The van der Waals surface area contributed by atoms with E-state index in [9.17, 15) is 32.9 Å². The molecule has 9 rings (SSSR count). The molecule has 152 valence electrons. The largest absolute Gasteiger partial charge is 0.525 e. The number of rotatable bonds is 1. The summed E-state index contributed by atoms with van der Waals surface area (Å²) in [6, 6.07) is 0. The van der Waals surface area contributed by atoms with Crippen LogP contribution in [0.15, 0.2) is 4.79 Å². The molecule has 8 aliphatic rings. The van der Waals surface area contributed by atoms with Gasteiger partial charge >= 0.3 is 21.3 Å². The van der Waals surface area contributed by atoms with Gasteiger partial charge in [-0.15, -0.1) is 9.25 Å². The van der Waals surface area contributed by atoms with Crippen molar-refractivity contribution in [3.8, 4) is 0 Å². The lowest BCUT2D eigenvalue weighted by molar-refractivity contribution is -0.442. The Labute approximate surface area is 150 Å². The van der Waals surface area contributed by atoms with Gasteiger partial charge in [0.15, 0.2) is 0 Å². The van der Waals surface area contributed by atoms with Crippen LogP contribution in [-0.4, -0.2) is 43.7 Å². The van der Waals surface area contributed by atoms with Gasteiger partial charge in [-0.1, -0.05) is 5.23 Å². The van der Waals surface area contributed by atoms with Crippen molar-refractivity contribution in [1.82, 2.24) is 9.55 Å². The van der Waals surface area contributed by atoms with E-state index in [2.05, 4.69) is 14.2 Å². The van der Waals surface area contributed by atoms with Gasteiger partial charge in [-0.2, -0.15) is 13.8 Å². The smallest absolute Gasteiger partial charge is 0.391 e. The van der Waals surface area contributed by atoms with Crippen molar-refractivity contribution in [1.29, 1.82) is 0 Å². The number of aliphatic hydroxyl groups is 2. The van der Waals surface area contributed by atoms with Crippen LogP contribution in [0.5, 0.6) is 0 Å². The molecule has 0 radical (unpaired) electrons. The highest BCUT2D eigenvalue weighted by molar-refractivity contribution is 7.50. The summed E-state index contributed by atoms with van der Waals surface area (Å²) in [4.78, 5) is 15.5. The van der Waals surface area contributed by atoms with E-state index in [1.54, 1.807) is 0 Å². The van der Waals surface area contributed by atoms with Crippen LogP contribution in [-0.2, 0) is 41.2 Å². The van der Waals surface area contributed by atoms with Gasteiger partial charge in [0.1, 0.15) is 6.61 Å². The molecule has 5 fully saturated rings. The summed E-state index contributed by atoms with van der Waals surface area (Å²) < 4.78 is 87.6. The molecule has 1 aromatic rings. The maximum Gasteiger partial charge on any atom is 0.525 e. The minimum Gasteiger partial charge on any atom is -0.391 e. The standard InChI is InChI=1S/C9H5F2N3O12P2/c10-2-3(11)13-5-8-9(17,7(1-15,20-5)21-27(18,22-8)23-8)24-28(19)25-14(26-28)4(2)12-6(13)16/h5,15,17H,1H2. The molecule has 19 heteroatoms. The molecule has 2 N–H and O–H groups in total. The summed E-state index contributed by atoms with van der Waals surface area (Å²) in [5, 5.41) is 20.7. The predicted octanol–water partition coefficient (Wildman–Crippen LogP) is -0.870. The van der Waals surface area contributed by atoms with Crippen molar-refractivity contribution < 1.29 is 60.2 Å². The van der Waals surface area contributed by atoms with Gasteiger partial charge in [0.2, 0.25) is 23.8 Å². The number of ether oxygens (including phenoxy) is 1. The van der Waals surface area contributed by atoms with Crippen LogP contribution in [0, 0.1) is 11.8 Å². The van der Waals surface area contributed by atoms with Crippen LogP contribution >= 0.6 is 15.6 Å². The third kappa shape index (κ3) is 1.60. The minimum absolute atomic E-state index is 0.0263. The molecule has 3 unspecified atom stereocenters. The van der Waals surface area contributed by atoms with Crippen molar-refractivity contribution in [2.45, 2.75) is 23.6 Å². The monoisotopic (exact) mass is 447 g/mol. The fraction of sp³-hybridized carbons (Fsp3) is 0.556. The number of phosphoric acid groups is 2. The van der Waals surface area contributed by atoms with Crippen LogP contribution in [0.25, 0.3) is 0 Å². The third-order valence-corrected chi connectivity index (χ3v) is 7.27. The molecule has 5 saturated heterocycles. The Morgan fingerprint density at radius 3 is 2.46 bits per heavy atom. The fourth-order valence-corrected chi connectivity index (χ4v) is 6.37. The van der Waals surface area contributed by atoms with Crippen LogP contribution in [0.2, 0.25) is 0 Å². The third-order valence-electron chi connectivity index (χ3n) is 4.57. The highest BCUT2D eigenvalue weighted by Crippen LogP contribution is 2.84. The Hall–Kier alpha value is -1.36. The van der Waals surface area contributed by atoms with E-state index in [1.807, 2.05) is 0 Å². The Kier molecular flexibility index (Phi) is 2.83. The summed E-state index contributed by atoms with van der Waals surface area (Å²) >= 11 is 0. The molecule has 0 aliphatic carbocycles. The van der Waals surface area contributed by atoms with E-state index in [0.29, 0.717) is 0 Å². The SMILES string of the molecule is O=c1nc2c(F)c(F)n1C1OC3(CO)OP4(=O)OC1(O4)C3(O)OP1(=O)ON2O1. The number of anilines is 1. The first-order chi connectivity index (χ1) is 13.0. The number of fused-ring (bicyclic) bond motifs is 1. The maximum absolute atomic E-state index is 14.7. The second-order valence-electron chi connectivity index (χ2n) is 6.07. The van der Waals surface area contributed by atoms with Gasteiger partial charge in [0.05, 0.1) is 0 Å². The van der Waals surface area contributed by atoms with E-state index in [4.69, 9.17) is 22.8 Å². The second-order valence-corrected chi connectivity index (χ2v) is 8.91. The molecule has 3 atom stereocenters. The summed E-state index contributed by atoms with van der Waals surface area (Å²) in [5.41, 5.74) is -1.54. The number of aromatic nitrogens is 2. The molecule has 15 nitrogen and oxygen atoms in total. The van der Waals surface area contributed by atoms with Gasteiger partial charge in [0, 0.05) is 0 Å². The lowest BCUT2D eigenvalue weighted by Crippen LogP contribution is -2.75. The Balaban J connectivity index is 1.70. The number of hydrogen-bond acceptors (Lipinski definition) is 14. The van der Waals surface area contributed by atoms with Crippen LogP contribution in [0.1, 0.15) is 6.23 Å². The molecule has 8 aliphatic heterocycles. The quantitative estimate of drug-likeness (QED) is 0.401. The normalized spacial score (nSPS) is 50.0. The van der Waals surface area contributed by atoms with Crippen LogP contribution in [0.4, 0.5) is 14.6 Å². The second kappa shape index (κ2) is 4.53. The summed E-state index contributed by atoms with van der Waals surface area (Å²) in [6.45, 7) is -1.35. The molecule has 0 amide bonds. The van der Waals surface area contributed by atoms with Gasteiger partial charge in [-0.25, -0.2) is 36.6 Å². The topological polar surface area (TPSA) is 177 Å². The zero-order chi connectivity index (χ0) is 19.9. The zero-order valence-corrected chi connectivity index (χ0v) is 14.5. The van der Waals surface area contributed by atoms with E-state index in [1.165, 1.54) is 0 Å². The van der Waals surface area contributed by atoms with E-state index < -0.39 is 69.1 Å². The van der Waals surface area contributed by atoms with Crippen molar-refractivity contribution in [2.24, 2.45) is 0 Å². The highest BCUT2D eigenvalue weighted by atomic mass is 31.2. The van der Waals surface area contributed by atoms with E-state index >= 15 is 0 Å². The van der Waals surface area contributed by atoms with Gasteiger partial charge in [0.25, 0.3) is 17.4 Å². The summed E-state index contributed by atoms with van der Waals surface area (Å²) in [6.07, 6.45) is -2.30. The molecule has 1 spiro atoms. The molecule has 9 heterocycles. The van der Waals surface area contributed by atoms with Crippen LogP contribution < -0.4 is 10.9 Å². The number of aliphatic hydroxyl groups excluding tert-OH is 1. The molecular weight excluding hydrogens is 442 g/mol. The lowest BCUT2D eigenvalue weighted by Gasteiger charge is -2.56. The average Bonchev–Trinajstić information content (AvgIpc) is 2.67. The number of halogens is 2. The molecular formula is C9H5F2N3O12P2. The Morgan fingerprint density at radius 2 is 1.82 bits per heavy atom. The number of phosphoric ester groups is 1. The van der Waals surface area contributed by atoms with Crippen molar-refractivity contribution in [3.63, 3.8) is 0 Å². The maximum atomic E-state index is 14.7. The molecule has 9 bridgehead atoms. The van der Waals surface area contributed by atoms with Crippen molar-refractivity contribution in [2.75, 3.05) is 11.8 Å². The molecule has 1 aromatic heterocycles. The fourth-order valence-electron chi connectivity index (χ4n) is 3.41. The zero-order valence-electron chi connectivity index (χ0n) is 12.8. The average molecular weight is 447 g/mol.